The Morgan fingerprint density at radius 1 is 1.45 bits per heavy atom. The maximum Gasteiger partial charge on any atom is 0.328 e. The van der Waals surface area contributed by atoms with Gasteiger partial charge >= 0.3 is 11.9 Å². The molecule has 0 bridgehead atoms. The molecular formula is C15H17ClO4. The van der Waals surface area contributed by atoms with Crippen molar-refractivity contribution in [3.05, 3.63) is 47.0 Å². The van der Waals surface area contributed by atoms with Gasteiger partial charge in [-0.25, -0.2) is 0 Å². The maximum atomic E-state index is 12.2. The highest BCUT2D eigenvalue weighted by Crippen LogP contribution is 2.32. The number of carbonyl (C=O) groups is 2. The van der Waals surface area contributed by atoms with Crippen molar-refractivity contribution >= 4 is 23.5 Å². The van der Waals surface area contributed by atoms with Crippen molar-refractivity contribution in [2.45, 2.75) is 25.7 Å². The van der Waals surface area contributed by atoms with Crippen molar-refractivity contribution in [3.63, 3.8) is 0 Å². The molecule has 20 heavy (non-hydrogen) atoms. The summed E-state index contributed by atoms with van der Waals surface area (Å²) in [7, 11) is 0. The number of aryl methyl sites for hydroxylation is 1. The van der Waals surface area contributed by atoms with Crippen molar-refractivity contribution in [2.24, 2.45) is 0 Å². The number of esters is 1. The number of aliphatic carboxylic acids is 1. The molecule has 0 saturated carbocycles. The number of hydrogen-bond acceptors (Lipinski definition) is 3. The van der Waals surface area contributed by atoms with E-state index in [2.05, 4.69) is 0 Å². The molecule has 1 N–H and O–H groups in total. The zero-order chi connectivity index (χ0) is 15.2. The predicted molar refractivity (Wildman–Crippen MR) is 76.7 cm³/mol. The molecule has 0 spiro atoms. The molecule has 5 heteroatoms. The Balaban J connectivity index is 3.43. The summed E-state index contributed by atoms with van der Waals surface area (Å²) in [5.41, 5.74) is 0.686. The molecule has 4 nitrogen and oxygen atoms in total. The largest absolute Gasteiger partial charge is 0.480 e. The van der Waals surface area contributed by atoms with Gasteiger partial charge in [0.25, 0.3) is 0 Å². The van der Waals surface area contributed by atoms with Crippen LogP contribution in [0.3, 0.4) is 0 Å². The number of allylic oxidation sites excluding steroid dienone is 1. The molecule has 0 heterocycles. The van der Waals surface area contributed by atoms with Crippen LogP contribution >= 0.6 is 11.6 Å². The summed E-state index contributed by atoms with van der Waals surface area (Å²) in [4.78, 5) is 24.0. The van der Waals surface area contributed by atoms with Crippen molar-refractivity contribution in [3.8, 4) is 0 Å². The van der Waals surface area contributed by atoms with Gasteiger partial charge in [0.15, 0.2) is 5.41 Å². The SMILES string of the molecule is CCOC(=O)C(C/C=C/Cl)(C(=O)O)c1cccc(C)c1. The van der Waals surface area contributed by atoms with Gasteiger partial charge in [-0.3, -0.25) is 9.59 Å². The molecule has 1 aromatic carbocycles. The normalized spacial score (nSPS) is 13.9. The second-order valence-electron chi connectivity index (χ2n) is 4.37. The van der Waals surface area contributed by atoms with Crippen molar-refractivity contribution in [1.29, 1.82) is 0 Å². The first kappa shape index (κ1) is 16.2. The van der Waals surface area contributed by atoms with Crippen LogP contribution in [0, 0.1) is 6.92 Å². The number of carbonyl (C=O) groups excluding carboxylic acids is 1. The van der Waals surface area contributed by atoms with Crippen LogP contribution in [0.1, 0.15) is 24.5 Å². The molecule has 0 fully saturated rings. The molecule has 0 aliphatic heterocycles. The lowest BCUT2D eigenvalue weighted by Crippen LogP contribution is -2.44. The number of carboxylic acids is 1. The maximum absolute atomic E-state index is 12.2. The van der Waals surface area contributed by atoms with Crippen LogP contribution in [-0.4, -0.2) is 23.7 Å². The van der Waals surface area contributed by atoms with Crippen LogP contribution in [0.5, 0.6) is 0 Å². The lowest BCUT2D eigenvalue weighted by Gasteiger charge is -2.26. The average Bonchev–Trinajstić information content (AvgIpc) is 2.39. The lowest BCUT2D eigenvalue weighted by molar-refractivity contribution is -0.161. The summed E-state index contributed by atoms with van der Waals surface area (Å²) in [5, 5.41) is 9.61. The summed E-state index contributed by atoms with van der Waals surface area (Å²) in [6.07, 6.45) is 1.38. The molecule has 0 aliphatic carbocycles. The number of halogens is 1. The van der Waals surface area contributed by atoms with Crippen molar-refractivity contribution in [2.75, 3.05) is 6.61 Å². The molecular weight excluding hydrogens is 280 g/mol. The first-order chi connectivity index (χ1) is 9.48. The third-order valence-corrected chi connectivity index (χ3v) is 3.19. The van der Waals surface area contributed by atoms with Crippen LogP contribution in [0.25, 0.3) is 0 Å². The van der Waals surface area contributed by atoms with E-state index in [9.17, 15) is 14.7 Å². The fourth-order valence-electron chi connectivity index (χ4n) is 2.00. The smallest absolute Gasteiger partial charge is 0.328 e. The zero-order valence-electron chi connectivity index (χ0n) is 11.4. The van der Waals surface area contributed by atoms with Crippen LogP contribution in [0.15, 0.2) is 35.9 Å². The quantitative estimate of drug-likeness (QED) is 0.647. The van der Waals surface area contributed by atoms with E-state index in [0.29, 0.717) is 5.56 Å². The monoisotopic (exact) mass is 296 g/mol. The molecule has 1 rings (SSSR count). The summed E-state index contributed by atoms with van der Waals surface area (Å²) >= 11 is 5.49. The van der Waals surface area contributed by atoms with E-state index in [4.69, 9.17) is 16.3 Å². The van der Waals surface area contributed by atoms with Crippen molar-refractivity contribution in [1.82, 2.24) is 0 Å². The highest BCUT2D eigenvalue weighted by Gasteiger charge is 2.48. The Labute approximate surface area is 123 Å². The van der Waals surface area contributed by atoms with Crippen LogP contribution < -0.4 is 0 Å². The van der Waals surface area contributed by atoms with E-state index >= 15 is 0 Å². The number of hydrogen-bond donors (Lipinski definition) is 1. The second kappa shape index (κ2) is 7.10. The molecule has 1 aromatic rings. The van der Waals surface area contributed by atoms with Crippen LogP contribution in [0.2, 0.25) is 0 Å². The molecule has 0 saturated heterocycles. The van der Waals surface area contributed by atoms with E-state index in [-0.39, 0.29) is 13.0 Å². The first-order valence-corrected chi connectivity index (χ1v) is 6.65. The standard InChI is InChI=1S/C15H17ClO4/c1-3-20-14(19)15(13(17)18,8-5-9-16)12-7-4-6-11(2)10-12/h4-7,9-10H,3,8H2,1-2H3,(H,17,18)/b9-5+. The van der Waals surface area contributed by atoms with E-state index in [1.807, 2.05) is 13.0 Å². The molecule has 0 aliphatic rings. The van der Waals surface area contributed by atoms with E-state index in [1.54, 1.807) is 25.1 Å². The number of carboxylic acid groups (broad SMARTS) is 1. The van der Waals surface area contributed by atoms with Gasteiger partial charge in [0.05, 0.1) is 6.61 Å². The molecule has 1 atom stereocenters. The predicted octanol–water partition coefficient (Wildman–Crippen LogP) is 3.02. The lowest BCUT2D eigenvalue weighted by atomic mass is 9.77. The van der Waals surface area contributed by atoms with Crippen LogP contribution in [0.4, 0.5) is 0 Å². The zero-order valence-corrected chi connectivity index (χ0v) is 12.2. The van der Waals surface area contributed by atoms with Crippen molar-refractivity contribution < 1.29 is 19.4 Å². The summed E-state index contributed by atoms with van der Waals surface area (Å²) < 4.78 is 4.96. The fraction of sp³-hybridized carbons (Fsp3) is 0.333. The third-order valence-electron chi connectivity index (χ3n) is 3.01. The van der Waals surface area contributed by atoms with E-state index in [1.165, 1.54) is 11.6 Å². The van der Waals surface area contributed by atoms with Gasteiger partial charge in [0.1, 0.15) is 0 Å². The van der Waals surface area contributed by atoms with E-state index in [0.717, 1.165) is 5.56 Å². The Hall–Kier alpha value is -1.81. The molecule has 108 valence electrons. The highest BCUT2D eigenvalue weighted by atomic mass is 35.5. The Morgan fingerprint density at radius 2 is 2.15 bits per heavy atom. The fourth-order valence-corrected chi connectivity index (χ4v) is 2.09. The van der Waals surface area contributed by atoms with Gasteiger partial charge in [-0.05, 0) is 25.8 Å². The minimum Gasteiger partial charge on any atom is -0.480 e. The highest BCUT2D eigenvalue weighted by molar-refractivity contribution is 6.25. The van der Waals surface area contributed by atoms with E-state index < -0.39 is 17.4 Å². The van der Waals surface area contributed by atoms with Gasteiger partial charge < -0.3 is 9.84 Å². The summed E-state index contributed by atoms with van der Waals surface area (Å²) in [5.74, 6) is -2.04. The third kappa shape index (κ3) is 3.20. The minimum absolute atomic E-state index is 0.0614. The number of rotatable bonds is 6. The Morgan fingerprint density at radius 3 is 2.65 bits per heavy atom. The van der Waals surface area contributed by atoms with Gasteiger partial charge in [0.2, 0.25) is 0 Å². The first-order valence-electron chi connectivity index (χ1n) is 6.22. The summed E-state index contributed by atoms with van der Waals surface area (Å²) in [6.45, 7) is 3.58. The molecule has 0 amide bonds. The molecule has 0 radical (unpaired) electrons. The van der Waals surface area contributed by atoms with Gasteiger partial charge in [-0.15, -0.1) is 0 Å². The Kier molecular flexibility index (Phi) is 5.77. The van der Waals surface area contributed by atoms with Gasteiger partial charge in [-0.1, -0.05) is 47.5 Å². The minimum atomic E-state index is -1.77. The Bertz CT molecular complexity index is 524. The topological polar surface area (TPSA) is 63.6 Å². The molecule has 0 aromatic heterocycles. The molecule has 1 unspecified atom stereocenters. The van der Waals surface area contributed by atoms with Gasteiger partial charge in [-0.2, -0.15) is 0 Å². The second-order valence-corrected chi connectivity index (χ2v) is 4.62. The van der Waals surface area contributed by atoms with Crippen LogP contribution in [-0.2, 0) is 19.7 Å². The number of benzene rings is 1. The average molecular weight is 297 g/mol. The van der Waals surface area contributed by atoms with Gasteiger partial charge in [0, 0.05) is 5.54 Å². The summed E-state index contributed by atoms with van der Waals surface area (Å²) in [6, 6.07) is 6.83. The number of ether oxygens (including phenoxy) is 1.